The molecule has 0 aromatic heterocycles. The summed E-state index contributed by atoms with van der Waals surface area (Å²) in [5.41, 5.74) is 5.36. The zero-order valence-corrected chi connectivity index (χ0v) is 10.3. The van der Waals surface area contributed by atoms with Crippen LogP contribution in [-0.2, 0) is 4.79 Å². The molecule has 0 spiro atoms. The molecule has 0 aliphatic carbocycles. The van der Waals surface area contributed by atoms with Gasteiger partial charge in [-0.1, -0.05) is 22.4 Å². The van der Waals surface area contributed by atoms with Crippen LogP contribution in [0.4, 0.5) is 0 Å². The van der Waals surface area contributed by atoms with Gasteiger partial charge in [-0.3, -0.25) is 4.79 Å². The van der Waals surface area contributed by atoms with Crippen LogP contribution in [0.15, 0.2) is 0 Å². The second-order valence-electron chi connectivity index (χ2n) is 2.83. The van der Waals surface area contributed by atoms with Crippen molar-refractivity contribution >= 4 is 34.2 Å². The van der Waals surface area contributed by atoms with E-state index >= 15 is 0 Å². The molecule has 1 unspecified atom stereocenters. The van der Waals surface area contributed by atoms with Gasteiger partial charge in [-0.25, -0.2) is 0 Å². The lowest BCUT2D eigenvalue weighted by atomic mass is 10.2. The fraction of sp³-hybridized carbons (Fsp3) is 0.875. The number of alkyl halides is 1. The second kappa shape index (κ2) is 10.3. The fourth-order valence-corrected chi connectivity index (χ4v) is 1.17. The molecule has 0 rings (SSSR count). The number of hydrogen-bond acceptors (Lipinski definition) is 2. The maximum absolute atomic E-state index is 10.9. The van der Waals surface area contributed by atoms with Crippen LogP contribution in [0.25, 0.3) is 0 Å². The molecule has 3 N–H and O–H groups in total. The zero-order chi connectivity index (χ0) is 9.40. The zero-order valence-electron chi connectivity index (χ0n) is 7.88. The van der Waals surface area contributed by atoms with E-state index in [2.05, 4.69) is 21.2 Å². The average Bonchev–Trinajstić information content (AvgIpc) is 2.03. The van der Waals surface area contributed by atoms with Crippen LogP contribution in [0.5, 0.6) is 0 Å². The van der Waals surface area contributed by atoms with Crippen molar-refractivity contribution in [1.82, 2.24) is 5.32 Å². The SMILES string of the molecule is CC(N)C(=O)NCCCCCBr.Cl. The van der Waals surface area contributed by atoms with Crippen LogP contribution in [0, 0.1) is 0 Å². The number of halogens is 2. The third-order valence-electron chi connectivity index (χ3n) is 1.52. The van der Waals surface area contributed by atoms with Gasteiger partial charge in [0.25, 0.3) is 0 Å². The molecule has 0 heterocycles. The van der Waals surface area contributed by atoms with Crippen LogP contribution in [0.3, 0.4) is 0 Å². The molecule has 0 aromatic carbocycles. The smallest absolute Gasteiger partial charge is 0.236 e. The van der Waals surface area contributed by atoms with Crippen LogP contribution < -0.4 is 11.1 Å². The Morgan fingerprint density at radius 1 is 1.46 bits per heavy atom. The van der Waals surface area contributed by atoms with Gasteiger partial charge in [0, 0.05) is 11.9 Å². The summed E-state index contributed by atoms with van der Waals surface area (Å²) in [6.45, 7) is 2.43. The lowest BCUT2D eigenvalue weighted by Crippen LogP contribution is -2.38. The number of unbranched alkanes of at least 4 members (excludes halogenated alkanes) is 2. The molecule has 0 aromatic rings. The molecule has 0 radical (unpaired) electrons. The largest absolute Gasteiger partial charge is 0.355 e. The Balaban J connectivity index is 0. The quantitative estimate of drug-likeness (QED) is 0.568. The Labute approximate surface area is 94.4 Å². The Bertz CT molecular complexity index is 133. The summed E-state index contributed by atoms with van der Waals surface area (Å²) >= 11 is 3.35. The highest BCUT2D eigenvalue weighted by molar-refractivity contribution is 9.09. The molecule has 80 valence electrons. The number of rotatable bonds is 6. The number of nitrogens with one attached hydrogen (secondary N) is 1. The van der Waals surface area contributed by atoms with Crippen molar-refractivity contribution in [3.05, 3.63) is 0 Å². The number of amides is 1. The molecular weight excluding hydrogens is 255 g/mol. The van der Waals surface area contributed by atoms with E-state index in [4.69, 9.17) is 5.73 Å². The Morgan fingerprint density at radius 2 is 2.08 bits per heavy atom. The molecular formula is C8H18BrClN2O. The molecule has 0 aliphatic rings. The van der Waals surface area contributed by atoms with E-state index in [1.807, 2.05) is 0 Å². The van der Waals surface area contributed by atoms with Crippen LogP contribution >= 0.6 is 28.3 Å². The van der Waals surface area contributed by atoms with Gasteiger partial charge in [-0.2, -0.15) is 0 Å². The molecule has 0 bridgehead atoms. The van der Waals surface area contributed by atoms with Gasteiger partial charge in [0.1, 0.15) is 0 Å². The van der Waals surface area contributed by atoms with Gasteiger partial charge < -0.3 is 11.1 Å². The molecule has 5 heteroatoms. The van der Waals surface area contributed by atoms with E-state index in [9.17, 15) is 4.79 Å². The number of nitrogens with two attached hydrogens (primary N) is 1. The van der Waals surface area contributed by atoms with Crippen molar-refractivity contribution < 1.29 is 4.79 Å². The third kappa shape index (κ3) is 10.1. The highest BCUT2D eigenvalue weighted by Crippen LogP contribution is 1.96. The van der Waals surface area contributed by atoms with E-state index in [0.29, 0.717) is 0 Å². The minimum Gasteiger partial charge on any atom is -0.355 e. The van der Waals surface area contributed by atoms with Crippen molar-refractivity contribution in [2.45, 2.75) is 32.2 Å². The van der Waals surface area contributed by atoms with Crippen LogP contribution in [0.2, 0.25) is 0 Å². The first kappa shape index (κ1) is 15.7. The normalized spacial score (nSPS) is 11.6. The van der Waals surface area contributed by atoms with Crippen LogP contribution in [0.1, 0.15) is 26.2 Å². The molecule has 3 nitrogen and oxygen atoms in total. The van der Waals surface area contributed by atoms with Crippen molar-refractivity contribution in [3.8, 4) is 0 Å². The van der Waals surface area contributed by atoms with Gasteiger partial charge in [0.05, 0.1) is 6.04 Å². The highest BCUT2D eigenvalue weighted by atomic mass is 79.9. The summed E-state index contributed by atoms with van der Waals surface area (Å²) in [5, 5.41) is 3.80. The lowest BCUT2D eigenvalue weighted by Gasteiger charge is -2.06. The topological polar surface area (TPSA) is 55.1 Å². The van der Waals surface area contributed by atoms with E-state index in [-0.39, 0.29) is 24.4 Å². The minimum absolute atomic E-state index is 0. The van der Waals surface area contributed by atoms with E-state index in [1.165, 1.54) is 0 Å². The van der Waals surface area contributed by atoms with Crippen LogP contribution in [-0.4, -0.2) is 23.8 Å². The summed E-state index contributed by atoms with van der Waals surface area (Å²) in [6.07, 6.45) is 3.34. The first-order valence-electron chi connectivity index (χ1n) is 4.27. The summed E-state index contributed by atoms with van der Waals surface area (Å²) in [6, 6.07) is -0.388. The fourth-order valence-electron chi connectivity index (χ4n) is 0.769. The first-order chi connectivity index (χ1) is 5.68. The third-order valence-corrected chi connectivity index (χ3v) is 2.08. The highest BCUT2D eigenvalue weighted by Gasteiger charge is 2.04. The summed E-state index contributed by atoms with van der Waals surface area (Å²) in [4.78, 5) is 10.9. The molecule has 1 atom stereocenters. The molecule has 1 amide bonds. The Kier molecular flexibility index (Phi) is 12.4. The first-order valence-corrected chi connectivity index (χ1v) is 5.40. The van der Waals surface area contributed by atoms with Gasteiger partial charge >= 0.3 is 0 Å². The molecule has 0 aliphatic heterocycles. The van der Waals surface area contributed by atoms with Crippen molar-refractivity contribution in [2.24, 2.45) is 5.73 Å². The van der Waals surface area contributed by atoms with Crippen molar-refractivity contribution in [3.63, 3.8) is 0 Å². The van der Waals surface area contributed by atoms with Crippen molar-refractivity contribution in [2.75, 3.05) is 11.9 Å². The van der Waals surface area contributed by atoms with Crippen molar-refractivity contribution in [1.29, 1.82) is 0 Å². The van der Waals surface area contributed by atoms with E-state index in [1.54, 1.807) is 6.92 Å². The van der Waals surface area contributed by atoms with E-state index < -0.39 is 0 Å². The van der Waals surface area contributed by atoms with Gasteiger partial charge in [-0.05, 0) is 19.8 Å². The summed E-state index contributed by atoms with van der Waals surface area (Å²) < 4.78 is 0. The lowest BCUT2D eigenvalue weighted by molar-refractivity contribution is -0.121. The Morgan fingerprint density at radius 3 is 2.54 bits per heavy atom. The standard InChI is InChI=1S/C8H17BrN2O.ClH/c1-7(10)8(12)11-6-4-2-3-5-9;/h7H,2-6,10H2,1H3,(H,11,12);1H. The summed E-state index contributed by atoms with van der Waals surface area (Å²) in [5.74, 6) is -0.0613. The summed E-state index contributed by atoms with van der Waals surface area (Å²) in [7, 11) is 0. The number of carbonyl (C=O) groups excluding carboxylic acids is 1. The second-order valence-corrected chi connectivity index (χ2v) is 3.62. The maximum Gasteiger partial charge on any atom is 0.236 e. The average molecular weight is 274 g/mol. The molecule has 13 heavy (non-hydrogen) atoms. The monoisotopic (exact) mass is 272 g/mol. The number of carbonyl (C=O) groups is 1. The molecule has 0 saturated carbocycles. The molecule has 0 saturated heterocycles. The predicted molar refractivity (Wildman–Crippen MR) is 61.6 cm³/mol. The van der Waals surface area contributed by atoms with E-state index in [0.717, 1.165) is 31.1 Å². The predicted octanol–water partition coefficient (Wildman–Crippen LogP) is 1.44. The van der Waals surface area contributed by atoms with Gasteiger partial charge in [-0.15, -0.1) is 12.4 Å². The van der Waals surface area contributed by atoms with Gasteiger partial charge in [0.2, 0.25) is 5.91 Å². The molecule has 0 fully saturated rings. The minimum atomic E-state index is -0.388. The number of hydrogen-bond donors (Lipinski definition) is 2. The van der Waals surface area contributed by atoms with Gasteiger partial charge in [0.15, 0.2) is 0 Å². The maximum atomic E-state index is 10.9. The Hall–Kier alpha value is 0.200.